The van der Waals surface area contributed by atoms with Crippen molar-refractivity contribution in [2.45, 2.75) is 64.0 Å². The predicted molar refractivity (Wildman–Crippen MR) is 79.6 cm³/mol. The van der Waals surface area contributed by atoms with Crippen LogP contribution in [0.25, 0.3) is 0 Å². The highest BCUT2D eigenvalue weighted by Crippen LogP contribution is 2.22. The maximum Gasteiger partial charge on any atom is 0.269 e. The highest BCUT2D eigenvalue weighted by atomic mass is 16.2. The summed E-state index contributed by atoms with van der Waals surface area (Å²) in [5.41, 5.74) is 7.41. The molecule has 0 radical (unpaired) electrons. The Kier molecular flexibility index (Phi) is 4.18. The minimum Gasteiger partial charge on any atom is -0.348 e. The van der Waals surface area contributed by atoms with Crippen LogP contribution in [-0.2, 0) is 12.5 Å². The molecule has 5 nitrogen and oxygen atoms in total. The molecule has 1 fully saturated rings. The first-order chi connectivity index (χ1) is 9.27. The summed E-state index contributed by atoms with van der Waals surface area (Å²) in [6, 6.07) is 2.44. The Morgan fingerprint density at radius 1 is 1.35 bits per heavy atom. The van der Waals surface area contributed by atoms with Gasteiger partial charge >= 0.3 is 0 Å². The number of hydrogen-bond acceptors (Lipinski definition) is 3. The standard InChI is InChI=1S/C15H26N4O/c1-15(2,3)13-9-12(19(4)18-13)14(20)17-11-7-5-10(16)6-8-11/h9-11H,5-8,16H2,1-4H3,(H,17,20). The van der Waals surface area contributed by atoms with Gasteiger partial charge in [0.1, 0.15) is 5.69 Å². The van der Waals surface area contributed by atoms with Crippen molar-refractivity contribution in [3.8, 4) is 0 Å². The summed E-state index contributed by atoms with van der Waals surface area (Å²) in [5, 5.41) is 7.55. The Morgan fingerprint density at radius 2 is 1.95 bits per heavy atom. The molecule has 1 aliphatic rings. The van der Waals surface area contributed by atoms with Gasteiger partial charge in [-0.25, -0.2) is 0 Å². The zero-order valence-corrected chi connectivity index (χ0v) is 12.9. The summed E-state index contributed by atoms with van der Waals surface area (Å²) >= 11 is 0. The topological polar surface area (TPSA) is 72.9 Å². The lowest BCUT2D eigenvalue weighted by molar-refractivity contribution is 0.0916. The number of carbonyl (C=O) groups is 1. The maximum atomic E-state index is 12.4. The fraction of sp³-hybridized carbons (Fsp3) is 0.733. The van der Waals surface area contributed by atoms with Crippen molar-refractivity contribution in [2.24, 2.45) is 12.8 Å². The van der Waals surface area contributed by atoms with Crippen LogP contribution in [0, 0.1) is 0 Å². The molecule has 0 spiro atoms. The molecule has 1 saturated carbocycles. The number of nitrogens with one attached hydrogen (secondary N) is 1. The zero-order chi connectivity index (χ0) is 14.9. The quantitative estimate of drug-likeness (QED) is 0.865. The SMILES string of the molecule is Cn1nc(C(C)(C)C)cc1C(=O)NC1CCC(N)CC1. The van der Waals surface area contributed by atoms with E-state index in [0.717, 1.165) is 31.4 Å². The third-order valence-corrected chi connectivity index (χ3v) is 3.99. The van der Waals surface area contributed by atoms with E-state index in [1.807, 2.05) is 13.1 Å². The van der Waals surface area contributed by atoms with Crippen LogP contribution in [0.5, 0.6) is 0 Å². The van der Waals surface area contributed by atoms with E-state index < -0.39 is 0 Å². The third-order valence-electron chi connectivity index (χ3n) is 3.99. The molecule has 1 aromatic heterocycles. The molecule has 0 aliphatic heterocycles. The summed E-state index contributed by atoms with van der Waals surface area (Å²) in [6.45, 7) is 6.29. The Morgan fingerprint density at radius 3 is 2.45 bits per heavy atom. The molecular weight excluding hydrogens is 252 g/mol. The third kappa shape index (κ3) is 3.39. The lowest BCUT2D eigenvalue weighted by Crippen LogP contribution is -2.41. The average molecular weight is 278 g/mol. The molecule has 1 aliphatic carbocycles. The molecule has 0 unspecified atom stereocenters. The number of aromatic nitrogens is 2. The van der Waals surface area contributed by atoms with Crippen LogP contribution in [0.2, 0.25) is 0 Å². The van der Waals surface area contributed by atoms with Crippen LogP contribution in [0.3, 0.4) is 0 Å². The second-order valence-electron chi connectivity index (χ2n) is 6.87. The van der Waals surface area contributed by atoms with Gasteiger partial charge < -0.3 is 11.1 Å². The summed E-state index contributed by atoms with van der Waals surface area (Å²) in [7, 11) is 1.82. The van der Waals surface area contributed by atoms with Gasteiger partial charge in [0, 0.05) is 24.5 Å². The first-order valence-electron chi connectivity index (χ1n) is 7.38. The van der Waals surface area contributed by atoms with E-state index in [1.54, 1.807) is 4.68 Å². The van der Waals surface area contributed by atoms with Crippen LogP contribution in [0.1, 0.15) is 62.6 Å². The lowest BCUT2D eigenvalue weighted by Gasteiger charge is -2.26. The van der Waals surface area contributed by atoms with Gasteiger partial charge in [-0.15, -0.1) is 0 Å². The van der Waals surface area contributed by atoms with Crippen LogP contribution in [-0.4, -0.2) is 27.8 Å². The number of amides is 1. The molecule has 1 amide bonds. The maximum absolute atomic E-state index is 12.4. The van der Waals surface area contributed by atoms with Crippen molar-refractivity contribution in [2.75, 3.05) is 0 Å². The van der Waals surface area contributed by atoms with Crippen LogP contribution in [0.4, 0.5) is 0 Å². The normalized spacial score (nSPS) is 23.6. The van der Waals surface area contributed by atoms with E-state index in [-0.39, 0.29) is 17.4 Å². The second kappa shape index (κ2) is 5.56. The zero-order valence-electron chi connectivity index (χ0n) is 12.9. The van der Waals surface area contributed by atoms with Crippen molar-refractivity contribution in [1.82, 2.24) is 15.1 Å². The Bertz CT molecular complexity index is 479. The molecule has 2 rings (SSSR count). The van der Waals surface area contributed by atoms with Gasteiger partial charge in [-0.1, -0.05) is 20.8 Å². The fourth-order valence-corrected chi connectivity index (χ4v) is 2.57. The summed E-state index contributed by atoms with van der Waals surface area (Å²) in [5.74, 6) is -0.0315. The molecular formula is C15H26N4O. The number of hydrogen-bond donors (Lipinski definition) is 2. The van der Waals surface area contributed by atoms with E-state index in [2.05, 4.69) is 31.2 Å². The Balaban J connectivity index is 2.04. The number of carbonyl (C=O) groups excluding carboxylic acids is 1. The molecule has 112 valence electrons. The average Bonchev–Trinajstić information content (AvgIpc) is 2.74. The van der Waals surface area contributed by atoms with Gasteiger partial charge in [-0.3, -0.25) is 9.48 Å². The summed E-state index contributed by atoms with van der Waals surface area (Å²) in [4.78, 5) is 12.4. The molecule has 0 atom stereocenters. The molecule has 1 heterocycles. The van der Waals surface area contributed by atoms with Crippen LogP contribution in [0.15, 0.2) is 6.07 Å². The van der Waals surface area contributed by atoms with Gasteiger partial charge in [-0.05, 0) is 31.7 Å². The number of aryl methyl sites for hydroxylation is 1. The number of nitrogens with zero attached hydrogens (tertiary/aromatic N) is 2. The Labute approximate surface area is 120 Å². The highest BCUT2D eigenvalue weighted by Gasteiger charge is 2.24. The first kappa shape index (κ1) is 15.0. The molecule has 5 heteroatoms. The largest absolute Gasteiger partial charge is 0.348 e. The summed E-state index contributed by atoms with van der Waals surface area (Å²) in [6.07, 6.45) is 3.92. The number of rotatable bonds is 2. The highest BCUT2D eigenvalue weighted by molar-refractivity contribution is 5.92. The van der Waals surface area contributed by atoms with Gasteiger partial charge in [0.25, 0.3) is 5.91 Å². The minimum atomic E-state index is -0.0477. The first-order valence-corrected chi connectivity index (χ1v) is 7.38. The smallest absolute Gasteiger partial charge is 0.269 e. The molecule has 0 aromatic carbocycles. The van der Waals surface area contributed by atoms with Crippen molar-refractivity contribution in [1.29, 1.82) is 0 Å². The molecule has 3 N–H and O–H groups in total. The van der Waals surface area contributed by atoms with Crippen molar-refractivity contribution >= 4 is 5.91 Å². The van der Waals surface area contributed by atoms with Gasteiger partial charge in [0.15, 0.2) is 0 Å². The molecule has 1 aromatic rings. The molecule has 0 saturated heterocycles. The van der Waals surface area contributed by atoms with Gasteiger partial charge in [0.2, 0.25) is 0 Å². The molecule has 20 heavy (non-hydrogen) atoms. The van der Waals surface area contributed by atoms with Crippen molar-refractivity contribution < 1.29 is 4.79 Å². The Hall–Kier alpha value is -1.36. The van der Waals surface area contributed by atoms with Crippen LogP contribution >= 0.6 is 0 Å². The van der Waals surface area contributed by atoms with E-state index in [4.69, 9.17) is 5.73 Å². The number of nitrogens with two attached hydrogens (primary N) is 1. The van der Waals surface area contributed by atoms with Gasteiger partial charge in [0.05, 0.1) is 5.69 Å². The second-order valence-corrected chi connectivity index (χ2v) is 6.87. The fourth-order valence-electron chi connectivity index (χ4n) is 2.57. The van der Waals surface area contributed by atoms with E-state index in [9.17, 15) is 4.79 Å². The predicted octanol–water partition coefficient (Wildman–Crippen LogP) is 1.72. The van der Waals surface area contributed by atoms with Crippen molar-refractivity contribution in [3.63, 3.8) is 0 Å². The minimum absolute atomic E-state index is 0.0315. The lowest BCUT2D eigenvalue weighted by atomic mass is 9.91. The van der Waals surface area contributed by atoms with E-state index in [0.29, 0.717) is 11.7 Å². The summed E-state index contributed by atoms with van der Waals surface area (Å²) < 4.78 is 1.67. The van der Waals surface area contributed by atoms with Gasteiger partial charge in [-0.2, -0.15) is 5.10 Å². The van der Waals surface area contributed by atoms with Crippen LogP contribution < -0.4 is 11.1 Å². The monoisotopic (exact) mass is 278 g/mol. The van der Waals surface area contributed by atoms with E-state index in [1.165, 1.54) is 0 Å². The van der Waals surface area contributed by atoms with E-state index >= 15 is 0 Å². The van der Waals surface area contributed by atoms with Crippen molar-refractivity contribution in [3.05, 3.63) is 17.5 Å². The molecule has 0 bridgehead atoms.